The molecule has 2 rings (SSSR count). The molecule has 0 aliphatic rings. The van der Waals surface area contributed by atoms with E-state index in [2.05, 4.69) is 10.4 Å². The lowest BCUT2D eigenvalue weighted by Crippen LogP contribution is -2.26. The molecule has 0 aliphatic carbocycles. The normalized spacial score (nSPS) is 11.5. The Labute approximate surface area is 135 Å². The van der Waals surface area contributed by atoms with Crippen molar-refractivity contribution in [2.24, 2.45) is 5.41 Å². The first kappa shape index (κ1) is 17.1. The highest BCUT2D eigenvalue weighted by Crippen LogP contribution is 2.20. The Kier molecular flexibility index (Phi) is 5.50. The molecule has 6 heteroatoms. The number of aromatic nitrogens is 2. The summed E-state index contributed by atoms with van der Waals surface area (Å²) >= 11 is 0. The van der Waals surface area contributed by atoms with Gasteiger partial charge >= 0.3 is 0 Å². The summed E-state index contributed by atoms with van der Waals surface area (Å²) in [6.07, 6.45) is 3.28. The van der Waals surface area contributed by atoms with Gasteiger partial charge < -0.3 is 10.4 Å². The fourth-order valence-electron chi connectivity index (χ4n) is 2.12. The number of benzene rings is 1. The summed E-state index contributed by atoms with van der Waals surface area (Å²) in [5.74, 6) is -0.558. The second-order valence-corrected chi connectivity index (χ2v) is 6.30. The molecule has 0 saturated carbocycles. The monoisotopic (exact) mass is 319 g/mol. The van der Waals surface area contributed by atoms with Crippen LogP contribution in [0.2, 0.25) is 0 Å². The van der Waals surface area contributed by atoms with Gasteiger partial charge in [-0.3, -0.25) is 4.79 Å². The van der Waals surface area contributed by atoms with E-state index in [0.29, 0.717) is 17.9 Å². The fraction of sp³-hybridized carbons (Fsp3) is 0.412. The third-order valence-electron chi connectivity index (χ3n) is 3.66. The summed E-state index contributed by atoms with van der Waals surface area (Å²) in [7, 11) is 0. The molecule has 23 heavy (non-hydrogen) atoms. The van der Waals surface area contributed by atoms with Gasteiger partial charge in [-0.15, -0.1) is 0 Å². The van der Waals surface area contributed by atoms with Crippen LogP contribution in [0, 0.1) is 11.2 Å². The van der Waals surface area contributed by atoms with E-state index in [1.165, 1.54) is 16.8 Å². The van der Waals surface area contributed by atoms with Gasteiger partial charge in [0.15, 0.2) is 5.69 Å². The first-order chi connectivity index (χ1) is 10.9. The summed E-state index contributed by atoms with van der Waals surface area (Å²) in [6.45, 7) is 4.63. The number of nitrogens with zero attached hydrogens (tertiary/aromatic N) is 2. The molecule has 124 valence electrons. The molecule has 0 fully saturated rings. The summed E-state index contributed by atoms with van der Waals surface area (Å²) in [5.41, 5.74) is 0.875. The van der Waals surface area contributed by atoms with E-state index >= 15 is 0 Å². The van der Waals surface area contributed by atoms with Crippen molar-refractivity contribution in [1.29, 1.82) is 0 Å². The second-order valence-electron chi connectivity index (χ2n) is 6.30. The Morgan fingerprint density at radius 1 is 1.30 bits per heavy atom. The van der Waals surface area contributed by atoms with Gasteiger partial charge in [-0.05, 0) is 48.6 Å². The maximum atomic E-state index is 12.9. The SMILES string of the molecule is CC(C)(CO)CCCNC(=O)c1ccn(-c2ccc(F)cc2)n1. The molecule has 2 aromatic rings. The molecule has 0 radical (unpaired) electrons. The van der Waals surface area contributed by atoms with Gasteiger partial charge in [-0.2, -0.15) is 5.10 Å². The van der Waals surface area contributed by atoms with Crippen molar-refractivity contribution in [3.63, 3.8) is 0 Å². The van der Waals surface area contributed by atoms with Crippen LogP contribution in [0.25, 0.3) is 5.69 Å². The Morgan fingerprint density at radius 3 is 2.65 bits per heavy atom. The zero-order valence-electron chi connectivity index (χ0n) is 13.4. The van der Waals surface area contributed by atoms with Gasteiger partial charge in [0.25, 0.3) is 5.91 Å². The number of aliphatic hydroxyl groups is 1. The molecule has 1 aromatic carbocycles. The van der Waals surface area contributed by atoms with Crippen LogP contribution in [0.15, 0.2) is 36.5 Å². The van der Waals surface area contributed by atoms with Crippen molar-refractivity contribution >= 4 is 5.91 Å². The van der Waals surface area contributed by atoms with E-state index in [0.717, 1.165) is 12.8 Å². The van der Waals surface area contributed by atoms with E-state index in [9.17, 15) is 14.3 Å². The van der Waals surface area contributed by atoms with Crippen LogP contribution in [0.4, 0.5) is 4.39 Å². The Balaban J connectivity index is 1.88. The first-order valence-corrected chi connectivity index (χ1v) is 7.62. The second kappa shape index (κ2) is 7.37. The van der Waals surface area contributed by atoms with Crippen molar-refractivity contribution < 1.29 is 14.3 Å². The molecule has 0 atom stereocenters. The molecular weight excluding hydrogens is 297 g/mol. The predicted octanol–water partition coefficient (Wildman–Crippen LogP) is 2.54. The van der Waals surface area contributed by atoms with Crippen LogP contribution in [-0.4, -0.2) is 33.9 Å². The standard InChI is InChI=1S/C17H22FN3O2/c1-17(2,12-22)9-3-10-19-16(23)15-8-11-21(20-15)14-6-4-13(18)5-7-14/h4-8,11,22H,3,9-10,12H2,1-2H3,(H,19,23). The average Bonchev–Trinajstić information content (AvgIpc) is 3.02. The highest BCUT2D eigenvalue weighted by molar-refractivity contribution is 5.92. The van der Waals surface area contributed by atoms with Crippen LogP contribution in [0.1, 0.15) is 37.2 Å². The predicted molar refractivity (Wildman–Crippen MR) is 86.0 cm³/mol. The van der Waals surface area contributed by atoms with Crippen LogP contribution in [-0.2, 0) is 0 Å². The van der Waals surface area contributed by atoms with E-state index in [4.69, 9.17) is 0 Å². The van der Waals surface area contributed by atoms with Gasteiger partial charge in [0, 0.05) is 19.3 Å². The largest absolute Gasteiger partial charge is 0.396 e. The minimum Gasteiger partial charge on any atom is -0.396 e. The smallest absolute Gasteiger partial charge is 0.271 e. The van der Waals surface area contributed by atoms with E-state index in [1.807, 2.05) is 13.8 Å². The third kappa shape index (κ3) is 4.89. The van der Waals surface area contributed by atoms with Crippen molar-refractivity contribution in [2.75, 3.05) is 13.2 Å². The van der Waals surface area contributed by atoms with Crippen LogP contribution in [0.3, 0.4) is 0 Å². The molecule has 5 nitrogen and oxygen atoms in total. The topological polar surface area (TPSA) is 67.2 Å². The van der Waals surface area contributed by atoms with Crippen molar-refractivity contribution in [1.82, 2.24) is 15.1 Å². The number of rotatable bonds is 7. The first-order valence-electron chi connectivity index (χ1n) is 7.62. The van der Waals surface area contributed by atoms with E-state index in [1.54, 1.807) is 24.4 Å². The Bertz CT molecular complexity index is 650. The summed E-state index contributed by atoms with van der Waals surface area (Å²) in [5, 5.41) is 16.2. The van der Waals surface area contributed by atoms with Gasteiger partial charge in [0.1, 0.15) is 5.82 Å². The van der Waals surface area contributed by atoms with Crippen molar-refractivity contribution in [3.05, 3.63) is 48.0 Å². The number of carbonyl (C=O) groups is 1. The summed E-state index contributed by atoms with van der Waals surface area (Å²) in [6, 6.07) is 7.51. The number of hydrogen-bond acceptors (Lipinski definition) is 3. The van der Waals surface area contributed by atoms with Gasteiger partial charge in [0.05, 0.1) is 5.69 Å². The highest BCUT2D eigenvalue weighted by atomic mass is 19.1. The highest BCUT2D eigenvalue weighted by Gasteiger charge is 2.16. The molecule has 0 aliphatic heterocycles. The zero-order valence-corrected chi connectivity index (χ0v) is 13.4. The van der Waals surface area contributed by atoms with Crippen LogP contribution in [0.5, 0.6) is 0 Å². The van der Waals surface area contributed by atoms with E-state index in [-0.39, 0.29) is 23.7 Å². The Morgan fingerprint density at radius 2 is 2.00 bits per heavy atom. The number of hydrogen-bond donors (Lipinski definition) is 2. The maximum absolute atomic E-state index is 12.9. The lowest BCUT2D eigenvalue weighted by Gasteiger charge is -2.21. The van der Waals surface area contributed by atoms with E-state index < -0.39 is 0 Å². The van der Waals surface area contributed by atoms with Crippen LogP contribution < -0.4 is 5.32 Å². The molecule has 0 unspecified atom stereocenters. The third-order valence-corrected chi connectivity index (χ3v) is 3.66. The zero-order chi connectivity index (χ0) is 16.9. The van der Waals surface area contributed by atoms with Crippen LogP contribution >= 0.6 is 0 Å². The lowest BCUT2D eigenvalue weighted by molar-refractivity contribution is 0.0943. The molecule has 2 N–H and O–H groups in total. The number of aliphatic hydroxyl groups excluding tert-OH is 1. The molecule has 1 amide bonds. The average molecular weight is 319 g/mol. The molecule has 0 spiro atoms. The molecule has 1 heterocycles. The fourth-order valence-corrected chi connectivity index (χ4v) is 2.12. The lowest BCUT2D eigenvalue weighted by atomic mass is 9.89. The van der Waals surface area contributed by atoms with Gasteiger partial charge in [0.2, 0.25) is 0 Å². The van der Waals surface area contributed by atoms with Gasteiger partial charge in [-0.25, -0.2) is 9.07 Å². The minimum atomic E-state index is -0.315. The minimum absolute atomic E-state index is 0.128. The summed E-state index contributed by atoms with van der Waals surface area (Å²) < 4.78 is 14.4. The Hall–Kier alpha value is -2.21. The van der Waals surface area contributed by atoms with Gasteiger partial charge in [-0.1, -0.05) is 13.8 Å². The molecule has 1 aromatic heterocycles. The summed E-state index contributed by atoms with van der Waals surface area (Å²) in [4.78, 5) is 12.0. The molecule has 0 saturated heterocycles. The van der Waals surface area contributed by atoms with Crippen molar-refractivity contribution in [2.45, 2.75) is 26.7 Å². The quantitative estimate of drug-likeness (QED) is 0.771. The maximum Gasteiger partial charge on any atom is 0.271 e. The number of halogens is 1. The molecular formula is C17H22FN3O2. The van der Waals surface area contributed by atoms with Crippen molar-refractivity contribution in [3.8, 4) is 5.69 Å². The number of carbonyl (C=O) groups excluding carboxylic acids is 1. The number of amides is 1. The number of nitrogens with one attached hydrogen (secondary N) is 1. The molecule has 0 bridgehead atoms.